The molecule has 0 saturated heterocycles. The van der Waals surface area contributed by atoms with Crippen molar-refractivity contribution in [3.05, 3.63) is 77.1 Å². The van der Waals surface area contributed by atoms with Crippen LogP contribution in [0.2, 0.25) is 0 Å². The third-order valence-corrected chi connectivity index (χ3v) is 3.41. The number of Topliss-reactive ketones (excluding diaryl/α,β-unsaturated/α-hetero) is 2. The summed E-state index contributed by atoms with van der Waals surface area (Å²) < 4.78 is 0. The Morgan fingerprint density at radius 1 is 1.00 bits per heavy atom. The average molecular weight is 278 g/mol. The van der Waals surface area contributed by atoms with E-state index in [2.05, 4.69) is 10.3 Å². The molecule has 0 atom stereocenters. The van der Waals surface area contributed by atoms with E-state index in [4.69, 9.17) is 0 Å². The highest BCUT2D eigenvalue weighted by Gasteiger charge is 2.31. The van der Waals surface area contributed by atoms with Gasteiger partial charge in [0.25, 0.3) is 0 Å². The minimum Gasteiger partial charge on any atom is -0.309 e. The van der Waals surface area contributed by atoms with Gasteiger partial charge in [-0.25, -0.2) is 0 Å². The number of rotatable bonds is 4. The second-order valence-corrected chi connectivity index (χ2v) is 4.81. The molecule has 0 unspecified atom stereocenters. The fourth-order valence-electron chi connectivity index (χ4n) is 2.35. The molecule has 21 heavy (non-hydrogen) atoms. The molecule has 0 spiro atoms. The number of allylic oxidation sites excluding steroid dienone is 1. The molecule has 4 nitrogen and oxygen atoms in total. The summed E-state index contributed by atoms with van der Waals surface area (Å²) in [4.78, 5) is 28.3. The zero-order valence-electron chi connectivity index (χ0n) is 11.4. The molecule has 1 aromatic carbocycles. The van der Waals surface area contributed by atoms with Crippen molar-refractivity contribution in [2.75, 3.05) is 6.54 Å². The van der Waals surface area contributed by atoms with Gasteiger partial charge in [-0.2, -0.15) is 0 Å². The van der Waals surface area contributed by atoms with Crippen LogP contribution in [-0.2, 0) is 6.54 Å². The summed E-state index contributed by atoms with van der Waals surface area (Å²) in [7, 11) is 0. The lowest BCUT2D eigenvalue weighted by Gasteiger charge is -2.01. The quantitative estimate of drug-likeness (QED) is 0.529. The summed E-state index contributed by atoms with van der Waals surface area (Å²) in [5.74, 6) is -0.363. The second kappa shape index (κ2) is 5.81. The van der Waals surface area contributed by atoms with Crippen LogP contribution in [0.1, 0.15) is 26.3 Å². The van der Waals surface area contributed by atoms with Crippen LogP contribution < -0.4 is 5.32 Å². The Labute approximate surface area is 122 Å². The number of carbonyl (C=O) groups excluding carboxylic acids is 2. The minimum absolute atomic E-state index is 0.182. The molecule has 1 aliphatic rings. The molecule has 4 heteroatoms. The van der Waals surface area contributed by atoms with Gasteiger partial charge in [0.1, 0.15) is 0 Å². The summed E-state index contributed by atoms with van der Waals surface area (Å²) in [5, 5.41) is 3.18. The molecule has 1 aliphatic carbocycles. The number of carbonyl (C=O) groups is 2. The fraction of sp³-hybridized carbons (Fsp3) is 0.118. The van der Waals surface area contributed by atoms with E-state index in [1.165, 1.54) is 0 Å². The van der Waals surface area contributed by atoms with Crippen LogP contribution in [0.25, 0.3) is 0 Å². The minimum atomic E-state index is -0.182. The predicted octanol–water partition coefficient (Wildman–Crippen LogP) is 2.18. The van der Waals surface area contributed by atoms with E-state index in [9.17, 15) is 9.59 Å². The van der Waals surface area contributed by atoms with Crippen LogP contribution in [0.15, 0.2) is 60.4 Å². The maximum Gasteiger partial charge on any atom is 0.197 e. The fourth-order valence-corrected chi connectivity index (χ4v) is 2.35. The van der Waals surface area contributed by atoms with E-state index < -0.39 is 0 Å². The Hall–Kier alpha value is -2.59. The van der Waals surface area contributed by atoms with Crippen LogP contribution in [0.4, 0.5) is 0 Å². The highest BCUT2D eigenvalue weighted by molar-refractivity contribution is 6.39. The smallest absolute Gasteiger partial charge is 0.197 e. The molecule has 3 rings (SSSR count). The Morgan fingerprint density at radius 2 is 1.71 bits per heavy atom. The molecule has 0 aliphatic heterocycles. The lowest BCUT2D eigenvalue weighted by molar-refractivity contribution is 0.0988. The number of hydrogen-bond acceptors (Lipinski definition) is 4. The molecule has 0 radical (unpaired) electrons. The van der Waals surface area contributed by atoms with Crippen molar-refractivity contribution >= 4 is 11.6 Å². The first-order valence-electron chi connectivity index (χ1n) is 6.75. The highest BCUT2D eigenvalue weighted by atomic mass is 16.2. The van der Waals surface area contributed by atoms with Gasteiger partial charge < -0.3 is 5.32 Å². The third kappa shape index (κ3) is 2.66. The van der Waals surface area contributed by atoms with Gasteiger partial charge in [-0.3, -0.25) is 14.6 Å². The van der Waals surface area contributed by atoms with Gasteiger partial charge in [-0.05, 0) is 11.6 Å². The third-order valence-electron chi connectivity index (χ3n) is 3.41. The predicted molar refractivity (Wildman–Crippen MR) is 79.1 cm³/mol. The first kappa shape index (κ1) is 13.4. The van der Waals surface area contributed by atoms with E-state index in [0.29, 0.717) is 24.2 Å². The maximum atomic E-state index is 12.1. The summed E-state index contributed by atoms with van der Waals surface area (Å²) in [6.07, 6.45) is 5.17. The van der Waals surface area contributed by atoms with Gasteiger partial charge in [0, 0.05) is 36.6 Å². The van der Waals surface area contributed by atoms with E-state index in [1.54, 1.807) is 42.7 Å². The first-order valence-corrected chi connectivity index (χ1v) is 6.75. The first-order chi connectivity index (χ1) is 10.3. The summed E-state index contributed by atoms with van der Waals surface area (Å²) >= 11 is 0. The topological polar surface area (TPSA) is 59.1 Å². The normalized spacial score (nSPS) is 13.4. The Bertz CT molecular complexity index is 684. The lowest BCUT2D eigenvalue weighted by atomic mass is 10.1. The number of nitrogens with one attached hydrogen (secondary N) is 1. The van der Waals surface area contributed by atoms with Crippen LogP contribution in [0.5, 0.6) is 0 Å². The molecule has 1 heterocycles. The number of fused-ring (bicyclic) bond motifs is 1. The molecular weight excluding hydrogens is 264 g/mol. The number of hydrogen-bond donors (Lipinski definition) is 1. The molecule has 0 saturated carbocycles. The molecule has 104 valence electrons. The van der Waals surface area contributed by atoms with E-state index >= 15 is 0 Å². The second-order valence-electron chi connectivity index (χ2n) is 4.81. The average Bonchev–Trinajstić information content (AvgIpc) is 2.77. The van der Waals surface area contributed by atoms with E-state index in [0.717, 1.165) is 5.56 Å². The zero-order valence-corrected chi connectivity index (χ0v) is 11.4. The molecular formula is C17H14N2O2. The molecule has 1 aromatic heterocycles. The summed E-state index contributed by atoms with van der Waals surface area (Å²) in [6, 6.07) is 10.8. The molecule has 0 bridgehead atoms. The summed E-state index contributed by atoms with van der Waals surface area (Å²) in [5.41, 5.74) is 2.32. The van der Waals surface area contributed by atoms with Gasteiger partial charge in [-0.1, -0.05) is 36.4 Å². The van der Waals surface area contributed by atoms with Crippen LogP contribution in [-0.4, -0.2) is 23.1 Å². The standard InChI is InChI=1S/C17H14N2O2/c20-16-13-5-1-2-6-14(13)17(21)15(16)7-9-19-11-12-4-3-8-18-10-12/h1-8,10,19H,9,11H2. The number of ketones is 2. The van der Waals surface area contributed by atoms with Gasteiger partial charge in [0.2, 0.25) is 0 Å². The maximum absolute atomic E-state index is 12.1. The zero-order chi connectivity index (χ0) is 14.7. The molecule has 2 aromatic rings. The van der Waals surface area contributed by atoms with Crippen LogP contribution >= 0.6 is 0 Å². The Morgan fingerprint density at radius 3 is 2.33 bits per heavy atom. The number of aromatic nitrogens is 1. The van der Waals surface area contributed by atoms with Crippen LogP contribution in [0.3, 0.4) is 0 Å². The number of benzene rings is 1. The molecule has 0 fully saturated rings. The van der Waals surface area contributed by atoms with Crippen LogP contribution in [0, 0.1) is 0 Å². The van der Waals surface area contributed by atoms with Crippen molar-refractivity contribution in [3.63, 3.8) is 0 Å². The Kier molecular flexibility index (Phi) is 3.71. The molecule has 1 N–H and O–H groups in total. The van der Waals surface area contributed by atoms with Crippen molar-refractivity contribution in [1.82, 2.24) is 10.3 Å². The highest BCUT2D eigenvalue weighted by Crippen LogP contribution is 2.25. The van der Waals surface area contributed by atoms with Gasteiger partial charge >= 0.3 is 0 Å². The van der Waals surface area contributed by atoms with E-state index in [-0.39, 0.29) is 17.1 Å². The molecule has 0 amide bonds. The summed E-state index contributed by atoms with van der Waals surface area (Å²) in [6.45, 7) is 1.11. The van der Waals surface area contributed by atoms with Gasteiger partial charge in [0.05, 0.1) is 5.57 Å². The van der Waals surface area contributed by atoms with Crippen molar-refractivity contribution in [2.45, 2.75) is 6.54 Å². The number of pyridine rings is 1. The van der Waals surface area contributed by atoms with Crippen molar-refractivity contribution in [3.8, 4) is 0 Å². The Balaban J connectivity index is 1.66. The van der Waals surface area contributed by atoms with Crippen molar-refractivity contribution < 1.29 is 9.59 Å². The lowest BCUT2D eigenvalue weighted by Crippen LogP contribution is -2.15. The SMILES string of the molecule is O=C1C(=CCNCc2cccnc2)C(=O)c2ccccc21. The monoisotopic (exact) mass is 278 g/mol. The number of nitrogens with zero attached hydrogens (tertiary/aromatic N) is 1. The van der Waals surface area contributed by atoms with E-state index in [1.807, 2.05) is 12.1 Å². The van der Waals surface area contributed by atoms with Crippen molar-refractivity contribution in [1.29, 1.82) is 0 Å². The largest absolute Gasteiger partial charge is 0.309 e. The van der Waals surface area contributed by atoms with Gasteiger partial charge in [-0.15, -0.1) is 0 Å². The van der Waals surface area contributed by atoms with Gasteiger partial charge in [0.15, 0.2) is 11.6 Å². The van der Waals surface area contributed by atoms with Crippen molar-refractivity contribution in [2.24, 2.45) is 0 Å².